The molecule has 1 aliphatic heterocycles. The maximum Gasteiger partial charge on any atom is 0.123 e. The van der Waals surface area contributed by atoms with E-state index in [0.29, 0.717) is 0 Å². The summed E-state index contributed by atoms with van der Waals surface area (Å²) in [4.78, 5) is 0. The zero-order valence-corrected chi connectivity index (χ0v) is 6.18. The Morgan fingerprint density at radius 3 is 3.11 bits per heavy atom. The van der Waals surface area contributed by atoms with Crippen LogP contribution >= 0.6 is 15.9 Å². The van der Waals surface area contributed by atoms with Crippen molar-refractivity contribution in [2.45, 2.75) is 6.10 Å². The Kier molecular flexibility index (Phi) is 1.10. The molecule has 0 unspecified atom stereocenters. The molecular formula is C5H5BrN2O. The molecule has 0 amide bonds. The van der Waals surface area contributed by atoms with E-state index in [-0.39, 0.29) is 6.10 Å². The van der Waals surface area contributed by atoms with Crippen molar-refractivity contribution in [3.8, 4) is 0 Å². The zero-order valence-electron chi connectivity index (χ0n) is 4.60. The zero-order chi connectivity index (χ0) is 6.27. The largest absolute Gasteiger partial charge is 0.366 e. The summed E-state index contributed by atoms with van der Waals surface area (Å²) in [7, 11) is 0. The number of rotatable bonds is 1. The highest BCUT2D eigenvalue weighted by Crippen LogP contribution is 2.32. The van der Waals surface area contributed by atoms with Gasteiger partial charge in [-0.05, 0) is 15.9 Å². The van der Waals surface area contributed by atoms with E-state index in [1.807, 2.05) is 0 Å². The molecule has 0 radical (unpaired) electrons. The Bertz CT molecular complexity index is 218. The maximum absolute atomic E-state index is 5.03. The van der Waals surface area contributed by atoms with E-state index in [1.165, 1.54) is 0 Å². The first-order valence-corrected chi connectivity index (χ1v) is 3.47. The van der Waals surface area contributed by atoms with Gasteiger partial charge < -0.3 is 4.74 Å². The molecule has 0 bridgehead atoms. The van der Waals surface area contributed by atoms with E-state index >= 15 is 0 Å². The Balaban J connectivity index is 2.35. The highest BCUT2D eigenvalue weighted by molar-refractivity contribution is 9.10. The standard InChI is InChI=1S/C5H5BrN2O/c6-3-1-7-8-5(3)4-2-9-4/h1,4H,2H2,(H,7,8)/t4-/m1/s1. The van der Waals surface area contributed by atoms with Crippen LogP contribution in [0.5, 0.6) is 0 Å². The second kappa shape index (κ2) is 1.82. The summed E-state index contributed by atoms with van der Waals surface area (Å²) in [6.45, 7) is 0.820. The van der Waals surface area contributed by atoms with Crippen LogP contribution < -0.4 is 0 Å². The first kappa shape index (κ1) is 5.44. The van der Waals surface area contributed by atoms with E-state index < -0.39 is 0 Å². The summed E-state index contributed by atoms with van der Waals surface area (Å²) in [6, 6.07) is 0. The fourth-order valence-corrected chi connectivity index (χ4v) is 1.17. The highest BCUT2D eigenvalue weighted by Gasteiger charge is 2.28. The molecular weight excluding hydrogens is 184 g/mol. The smallest absolute Gasteiger partial charge is 0.123 e. The third-order valence-electron chi connectivity index (χ3n) is 1.28. The van der Waals surface area contributed by atoms with Crippen LogP contribution in [-0.4, -0.2) is 16.8 Å². The number of ether oxygens (including phenoxy) is 1. The lowest BCUT2D eigenvalue weighted by Gasteiger charge is -1.85. The first-order valence-electron chi connectivity index (χ1n) is 2.68. The topological polar surface area (TPSA) is 41.2 Å². The summed E-state index contributed by atoms with van der Waals surface area (Å²) in [5.41, 5.74) is 1.05. The van der Waals surface area contributed by atoms with Gasteiger partial charge in [-0.2, -0.15) is 5.10 Å². The molecule has 2 rings (SSSR count). The van der Waals surface area contributed by atoms with E-state index in [4.69, 9.17) is 4.74 Å². The van der Waals surface area contributed by atoms with Crippen molar-refractivity contribution in [3.05, 3.63) is 16.4 Å². The van der Waals surface area contributed by atoms with Crippen LogP contribution in [0, 0.1) is 0 Å². The molecule has 9 heavy (non-hydrogen) atoms. The van der Waals surface area contributed by atoms with Gasteiger partial charge in [0.25, 0.3) is 0 Å². The predicted molar refractivity (Wildman–Crippen MR) is 35.0 cm³/mol. The third-order valence-corrected chi connectivity index (χ3v) is 1.91. The molecule has 2 heterocycles. The van der Waals surface area contributed by atoms with E-state index in [2.05, 4.69) is 26.1 Å². The van der Waals surface area contributed by atoms with Crippen molar-refractivity contribution in [1.82, 2.24) is 10.2 Å². The fourth-order valence-electron chi connectivity index (χ4n) is 0.722. The van der Waals surface area contributed by atoms with E-state index in [9.17, 15) is 0 Å². The van der Waals surface area contributed by atoms with Gasteiger partial charge in [0.1, 0.15) is 6.10 Å². The molecule has 1 aromatic rings. The summed E-state index contributed by atoms with van der Waals surface area (Å²) in [5.74, 6) is 0. The monoisotopic (exact) mass is 188 g/mol. The number of hydrogen-bond acceptors (Lipinski definition) is 2. The van der Waals surface area contributed by atoms with E-state index in [0.717, 1.165) is 16.8 Å². The van der Waals surface area contributed by atoms with Crippen LogP contribution in [0.15, 0.2) is 10.7 Å². The quantitative estimate of drug-likeness (QED) is 0.675. The molecule has 4 heteroatoms. The number of nitrogens with one attached hydrogen (secondary N) is 1. The normalized spacial score (nSPS) is 24.3. The molecule has 0 spiro atoms. The number of halogens is 1. The Morgan fingerprint density at radius 2 is 2.67 bits per heavy atom. The summed E-state index contributed by atoms with van der Waals surface area (Å²) in [5, 5.41) is 6.68. The Hall–Kier alpha value is -0.350. The van der Waals surface area contributed by atoms with Gasteiger partial charge in [-0.3, -0.25) is 5.10 Å². The lowest BCUT2D eigenvalue weighted by atomic mass is 10.3. The number of hydrogen-bond donors (Lipinski definition) is 1. The minimum absolute atomic E-state index is 0.266. The predicted octanol–water partition coefficient (Wildman–Crippen LogP) is 1.24. The van der Waals surface area contributed by atoms with Gasteiger partial charge in [0, 0.05) is 0 Å². The molecule has 1 N–H and O–H groups in total. The summed E-state index contributed by atoms with van der Waals surface area (Å²) in [6.07, 6.45) is 2.00. The average Bonchev–Trinajstić information content (AvgIpc) is 2.58. The summed E-state index contributed by atoms with van der Waals surface area (Å²) < 4.78 is 6.04. The lowest BCUT2D eigenvalue weighted by molar-refractivity contribution is 0.410. The minimum Gasteiger partial charge on any atom is -0.366 e. The van der Waals surface area contributed by atoms with Crippen molar-refractivity contribution >= 4 is 15.9 Å². The molecule has 1 aromatic heterocycles. The molecule has 1 fully saturated rings. The number of aromatic amines is 1. The van der Waals surface area contributed by atoms with Gasteiger partial charge in [0.15, 0.2) is 0 Å². The van der Waals surface area contributed by atoms with Crippen molar-refractivity contribution < 1.29 is 4.74 Å². The van der Waals surface area contributed by atoms with Crippen LogP contribution in [0.2, 0.25) is 0 Å². The molecule has 1 aliphatic rings. The van der Waals surface area contributed by atoms with Crippen LogP contribution in [-0.2, 0) is 4.74 Å². The van der Waals surface area contributed by atoms with Gasteiger partial charge in [0.2, 0.25) is 0 Å². The van der Waals surface area contributed by atoms with Gasteiger partial charge in [0.05, 0.1) is 23.0 Å². The van der Waals surface area contributed by atoms with Crippen LogP contribution in [0.3, 0.4) is 0 Å². The number of epoxide rings is 1. The van der Waals surface area contributed by atoms with Crippen LogP contribution in [0.25, 0.3) is 0 Å². The SMILES string of the molecule is Brc1cn[nH]c1[C@H]1CO1. The highest BCUT2D eigenvalue weighted by atomic mass is 79.9. The molecule has 48 valence electrons. The van der Waals surface area contributed by atoms with Crippen molar-refractivity contribution in [2.75, 3.05) is 6.61 Å². The lowest BCUT2D eigenvalue weighted by Crippen LogP contribution is -1.79. The van der Waals surface area contributed by atoms with Crippen LogP contribution in [0.4, 0.5) is 0 Å². The molecule has 0 saturated carbocycles. The molecule has 0 aromatic carbocycles. The first-order chi connectivity index (χ1) is 4.38. The van der Waals surface area contributed by atoms with Gasteiger partial charge >= 0.3 is 0 Å². The van der Waals surface area contributed by atoms with E-state index in [1.54, 1.807) is 6.20 Å². The molecule has 3 nitrogen and oxygen atoms in total. The number of nitrogens with zero attached hydrogens (tertiary/aromatic N) is 1. The number of aromatic nitrogens is 2. The second-order valence-electron chi connectivity index (χ2n) is 1.95. The fraction of sp³-hybridized carbons (Fsp3) is 0.400. The summed E-state index contributed by atoms with van der Waals surface area (Å²) >= 11 is 3.33. The number of H-pyrrole nitrogens is 1. The third kappa shape index (κ3) is 0.881. The molecule has 0 aliphatic carbocycles. The second-order valence-corrected chi connectivity index (χ2v) is 2.81. The van der Waals surface area contributed by atoms with Gasteiger partial charge in [-0.15, -0.1) is 0 Å². The molecule has 1 saturated heterocycles. The minimum atomic E-state index is 0.266. The van der Waals surface area contributed by atoms with Gasteiger partial charge in [-0.1, -0.05) is 0 Å². The maximum atomic E-state index is 5.03. The Labute approximate surface area is 60.5 Å². The van der Waals surface area contributed by atoms with Gasteiger partial charge in [-0.25, -0.2) is 0 Å². The Morgan fingerprint density at radius 1 is 1.89 bits per heavy atom. The van der Waals surface area contributed by atoms with Crippen molar-refractivity contribution in [2.24, 2.45) is 0 Å². The molecule has 1 atom stereocenters. The van der Waals surface area contributed by atoms with Crippen molar-refractivity contribution in [3.63, 3.8) is 0 Å². The van der Waals surface area contributed by atoms with Crippen molar-refractivity contribution in [1.29, 1.82) is 0 Å². The average molecular weight is 189 g/mol. The van der Waals surface area contributed by atoms with Crippen LogP contribution in [0.1, 0.15) is 11.8 Å².